The van der Waals surface area contributed by atoms with Crippen LogP contribution in [-0.2, 0) is 11.8 Å². The van der Waals surface area contributed by atoms with E-state index in [1.807, 2.05) is 11.9 Å². The highest BCUT2D eigenvalue weighted by molar-refractivity contribution is 5.89. The molecule has 1 aromatic rings. The number of urea groups is 1. The molecular weight excluding hydrogens is 306 g/mol. The number of nitrogens with zero attached hydrogens (tertiary/aromatic N) is 4. The summed E-state index contributed by atoms with van der Waals surface area (Å²) >= 11 is 0. The van der Waals surface area contributed by atoms with Gasteiger partial charge in [-0.1, -0.05) is 0 Å². The Labute approximate surface area is 143 Å². The van der Waals surface area contributed by atoms with Crippen LogP contribution in [0, 0.1) is 0 Å². The summed E-state index contributed by atoms with van der Waals surface area (Å²) in [6.45, 7) is 3.10. The van der Waals surface area contributed by atoms with Gasteiger partial charge >= 0.3 is 6.03 Å². The molecule has 1 aliphatic heterocycles. The van der Waals surface area contributed by atoms with Gasteiger partial charge in [-0.3, -0.25) is 9.48 Å². The fourth-order valence-corrected chi connectivity index (χ4v) is 3.73. The van der Waals surface area contributed by atoms with Crippen molar-refractivity contribution < 1.29 is 9.59 Å². The number of carbonyl (C=O) groups excluding carboxylic acids is 2. The molecule has 1 unspecified atom stereocenters. The number of aromatic nitrogens is 2. The van der Waals surface area contributed by atoms with E-state index in [1.54, 1.807) is 24.0 Å². The Hall–Kier alpha value is -2.05. The molecule has 1 aromatic heterocycles. The number of rotatable bonds is 3. The van der Waals surface area contributed by atoms with E-state index >= 15 is 0 Å². The Morgan fingerprint density at radius 1 is 1.17 bits per heavy atom. The number of aryl methyl sites for hydroxylation is 1. The molecule has 1 saturated heterocycles. The van der Waals surface area contributed by atoms with Crippen LogP contribution in [0.3, 0.4) is 0 Å². The topological polar surface area (TPSA) is 70.5 Å². The number of carbonyl (C=O) groups is 2. The first kappa shape index (κ1) is 16.8. The van der Waals surface area contributed by atoms with E-state index in [0.717, 1.165) is 38.6 Å². The molecule has 3 rings (SSSR count). The summed E-state index contributed by atoms with van der Waals surface area (Å²) in [7, 11) is 1.82. The summed E-state index contributed by atoms with van der Waals surface area (Å²) in [6.07, 6.45) is 9.67. The van der Waals surface area contributed by atoms with Gasteiger partial charge in [0.15, 0.2) is 0 Å². The van der Waals surface area contributed by atoms with Crippen molar-refractivity contribution in [1.29, 1.82) is 0 Å². The maximum absolute atomic E-state index is 12.4. The van der Waals surface area contributed by atoms with E-state index < -0.39 is 0 Å². The van der Waals surface area contributed by atoms with Gasteiger partial charge in [0, 0.05) is 45.3 Å². The quantitative estimate of drug-likeness (QED) is 0.922. The number of hydrogen-bond acceptors (Lipinski definition) is 3. The standard InChI is InChI=1S/C17H27N5O2/c1-13(23)22(15-5-3-6-15)16-7-4-9-21(10-8-16)17(24)19-14-11-18-20(2)12-14/h11-12,15-16H,3-10H2,1-2H3,(H,19,24). The second-order valence-corrected chi connectivity index (χ2v) is 6.92. The zero-order valence-electron chi connectivity index (χ0n) is 14.6. The molecule has 3 amide bonds. The van der Waals surface area contributed by atoms with Gasteiger partial charge in [-0.2, -0.15) is 5.10 Å². The first-order valence-corrected chi connectivity index (χ1v) is 8.88. The first-order chi connectivity index (χ1) is 11.5. The Kier molecular flexibility index (Phi) is 5.06. The third kappa shape index (κ3) is 3.71. The Morgan fingerprint density at radius 2 is 1.88 bits per heavy atom. The molecule has 24 heavy (non-hydrogen) atoms. The lowest BCUT2D eigenvalue weighted by Gasteiger charge is -2.42. The molecule has 1 aliphatic carbocycles. The van der Waals surface area contributed by atoms with Crippen LogP contribution in [-0.4, -0.2) is 56.7 Å². The van der Waals surface area contributed by atoms with Gasteiger partial charge in [0.1, 0.15) is 0 Å². The number of hydrogen-bond donors (Lipinski definition) is 1. The Morgan fingerprint density at radius 3 is 2.46 bits per heavy atom. The summed E-state index contributed by atoms with van der Waals surface area (Å²) < 4.78 is 1.66. The number of nitrogens with one attached hydrogen (secondary N) is 1. The van der Waals surface area contributed by atoms with Gasteiger partial charge in [0.05, 0.1) is 11.9 Å². The minimum absolute atomic E-state index is 0.0818. The van der Waals surface area contributed by atoms with Gasteiger partial charge in [0.25, 0.3) is 0 Å². The van der Waals surface area contributed by atoms with Gasteiger partial charge < -0.3 is 15.1 Å². The lowest BCUT2D eigenvalue weighted by atomic mass is 9.89. The third-order valence-corrected chi connectivity index (χ3v) is 5.17. The normalized spacial score (nSPS) is 21.8. The molecule has 1 saturated carbocycles. The first-order valence-electron chi connectivity index (χ1n) is 8.88. The van der Waals surface area contributed by atoms with Gasteiger partial charge in [-0.15, -0.1) is 0 Å². The van der Waals surface area contributed by atoms with Crippen molar-refractivity contribution in [3.8, 4) is 0 Å². The average molecular weight is 333 g/mol. The van der Waals surface area contributed by atoms with Crippen LogP contribution in [0.2, 0.25) is 0 Å². The minimum Gasteiger partial charge on any atom is -0.337 e. The van der Waals surface area contributed by atoms with E-state index in [4.69, 9.17) is 0 Å². The van der Waals surface area contributed by atoms with Crippen molar-refractivity contribution in [2.75, 3.05) is 18.4 Å². The van der Waals surface area contributed by atoms with Crippen LogP contribution in [0.1, 0.15) is 45.4 Å². The summed E-state index contributed by atoms with van der Waals surface area (Å²) in [5, 5.41) is 6.96. The molecule has 2 fully saturated rings. The highest BCUT2D eigenvalue weighted by atomic mass is 16.2. The maximum Gasteiger partial charge on any atom is 0.321 e. The molecule has 0 spiro atoms. The molecule has 7 heteroatoms. The molecule has 1 N–H and O–H groups in total. The van der Waals surface area contributed by atoms with E-state index in [2.05, 4.69) is 15.3 Å². The third-order valence-electron chi connectivity index (χ3n) is 5.17. The van der Waals surface area contributed by atoms with Crippen LogP contribution in [0.25, 0.3) is 0 Å². The predicted octanol–water partition coefficient (Wildman–Crippen LogP) is 2.21. The number of amides is 3. The van der Waals surface area contributed by atoms with Crippen molar-refractivity contribution in [2.45, 2.75) is 57.5 Å². The maximum atomic E-state index is 12.4. The van der Waals surface area contributed by atoms with Gasteiger partial charge in [0.2, 0.25) is 5.91 Å². The van der Waals surface area contributed by atoms with Crippen molar-refractivity contribution in [3.05, 3.63) is 12.4 Å². The monoisotopic (exact) mass is 333 g/mol. The van der Waals surface area contributed by atoms with Crippen LogP contribution in [0.5, 0.6) is 0 Å². The minimum atomic E-state index is -0.0818. The summed E-state index contributed by atoms with van der Waals surface area (Å²) in [4.78, 5) is 28.5. The van der Waals surface area contributed by atoms with E-state index in [1.165, 1.54) is 6.42 Å². The predicted molar refractivity (Wildman–Crippen MR) is 91.6 cm³/mol. The van der Waals surface area contributed by atoms with Crippen molar-refractivity contribution in [2.24, 2.45) is 7.05 Å². The van der Waals surface area contributed by atoms with E-state index in [0.29, 0.717) is 18.3 Å². The van der Waals surface area contributed by atoms with Crippen LogP contribution in [0.4, 0.5) is 10.5 Å². The Bertz CT molecular complexity index is 596. The number of likely N-dealkylation sites (tertiary alicyclic amines) is 1. The zero-order chi connectivity index (χ0) is 17.1. The number of anilines is 1. The van der Waals surface area contributed by atoms with Crippen LogP contribution < -0.4 is 5.32 Å². The van der Waals surface area contributed by atoms with Crippen molar-refractivity contribution >= 4 is 17.6 Å². The highest BCUT2D eigenvalue weighted by Gasteiger charge is 2.33. The zero-order valence-corrected chi connectivity index (χ0v) is 14.6. The van der Waals surface area contributed by atoms with Gasteiger partial charge in [-0.05, 0) is 38.5 Å². The van der Waals surface area contributed by atoms with Gasteiger partial charge in [-0.25, -0.2) is 4.79 Å². The second kappa shape index (κ2) is 7.23. The lowest BCUT2D eigenvalue weighted by Crippen LogP contribution is -2.49. The molecule has 2 aliphatic rings. The molecule has 132 valence electrons. The van der Waals surface area contributed by atoms with Crippen LogP contribution in [0.15, 0.2) is 12.4 Å². The SMILES string of the molecule is CC(=O)N(C1CCC1)C1CCCN(C(=O)Nc2cnn(C)c2)CC1. The fraction of sp³-hybridized carbons (Fsp3) is 0.706. The molecule has 7 nitrogen and oxygen atoms in total. The fourth-order valence-electron chi connectivity index (χ4n) is 3.73. The molecule has 0 bridgehead atoms. The van der Waals surface area contributed by atoms with Crippen molar-refractivity contribution in [1.82, 2.24) is 19.6 Å². The summed E-state index contributed by atoms with van der Waals surface area (Å²) in [5.74, 6) is 0.179. The Balaban J connectivity index is 1.57. The second-order valence-electron chi connectivity index (χ2n) is 6.92. The molecular formula is C17H27N5O2. The summed E-state index contributed by atoms with van der Waals surface area (Å²) in [5.41, 5.74) is 0.711. The van der Waals surface area contributed by atoms with Crippen molar-refractivity contribution in [3.63, 3.8) is 0 Å². The smallest absolute Gasteiger partial charge is 0.321 e. The molecule has 0 radical (unpaired) electrons. The van der Waals surface area contributed by atoms with E-state index in [9.17, 15) is 9.59 Å². The molecule has 2 heterocycles. The van der Waals surface area contributed by atoms with E-state index in [-0.39, 0.29) is 18.0 Å². The largest absolute Gasteiger partial charge is 0.337 e. The average Bonchev–Trinajstić information content (AvgIpc) is 2.75. The lowest BCUT2D eigenvalue weighted by molar-refractivity contribution is -0.136. The molecule has 1 atom stereocenters. The molecule has 0 aromatic carbocycles. The summed E-state index contributed by atoms with van der Waals surface area (Å²) in [6, 6.07) is 0.605. The highest BCUT2D eigenvalue weighted by Crippen LogP contribution is 2.30. The van der Waals surface area contributed by atoms with Crippen LogP contribution >= 0.6 is 0 Å².